The van der Waals surface area contributed by atoms with Crippen LogP contribution in [0.3, 0.4) is 0 Å². The molecule has 100 valence electrons. The molecule has 2 nitrogen and oxygen atoms in total. The van der Waals surface area contributed by atoms with E-state index in [-0.39, 0.29) is 0 Å². The van der Waals surface area contributed by atoms with Crippen molar-refractivity contribution in [3.63, 3.8) is 0 Å². The van der Waals surface area contributed by atoms with Gasteiger partial charge in [0, 0.05) is 25.7 Å². The summed E-state index contributed by atoms with van der Waals surface area (Å²) >= 11 is 0. The maximum absolute atomic E-state index is 11.6. The van der Waals surface area contributed by atoms with Crippen LogP contribution < -0.4 is 0 Å². The summed E-state index contributed by atoms with van der Waals surface area (Å²) in [6, 6.07) is 0. The molecular weight excluding hydrogens is 212 g/mol. The van der Waals surface area contributed by atoms with Crippen LogP contribution >= 0.6 is 0 Å². The van der Waals surface area contributed by atoms with E-state index in [9.17, 15) is 9.59 Å². The molecule has 0 aliphatic carbocycles. The van der Waals surface area contributed by atoms with E-state index in [0.29, 0.717) is 49.1 Å². The van der Waals surface area contributed by atoms with Gasteiger partial charge in [0.15, 0.2) is 0 Å². The largest absolute Gasteiger partial charge is 0.300 e. The highest BCUT2D eigenvalue weighted by Gasteiger charge is 2.10. The van der Waals surface area contributed by atoms with Crippen LogP contribution in [0.15, 0.2) is 0 Å². The van der Waals surface area contributed by atoms with Gasteiger partial charge in [-0.2, -0.15) is 0 Å². The van der Waals surface area contributed by atoms with Gasteiger partial charge in [0.05, 0.1) is 0 Å². The molecule has 0 aromatic heterocycles. The van der Waals surface area contributed by atoms with Gasteiger partial charge in [-0.25, -0.2) is 0 Å². The first-order valence-corrected chi connectivity index (χ1v) is 7.02. The molecule has 2 heteroatoms. The highest BCUT2D eigenvalue weighted by Crippen LogP contribution is 2.13. The van der Waals surface area contributed by atoms with Gasteiger partial charge < -0.3 is 0 Å². The summed E-state index contributed by atoms with van der Waals surface area (Å²) in [6.45, 7) is 8.42. The summed E-state index contributed by atoms with van der Waals surface area (Å²) < 4.78 is 0. The Morgan fingerprint density at radius 3 is 1.47 bits per heavy atom. The summed E-state index contributed by atoms with van der Waals surface area (Å²) in [5.41, 5.74) is 0. The van der Waals surface area contributed by atoms with Gasteiger partial charge in [-0.15, -0.1) is 0 Å². The van der Waals surface area contributed by atoms with E-state index >= 15 is 0 Å². The number of rotatable bonds is 10. The topological polar surface area (TPSA) is 34.1 Å². The molecule has 0 radical (unpaired) electrons. The summed E-state index contributed by atoms with van der Waals surface area (Å²) in [4.78, 5) is 23.1. The molecule has 2 atom stereocenters. The van der Waals surface area contributed by atoms with Crippen molar-refractivity contribution in [2.45, 2.75) is 72.6 Å². The maximum Gasteiger partial charge on any atom is 0.133 e. The van der Waals surface area contributed by atoms with Crippen LogP contribution in [-0.2, 0) is 9.59 Å². The van der Waals surface area contributed by atoms with Crippen LogP contribution in [0.4, 0.5) is 0 Å². The first kappa shape index (κ1) is 16.3. The molecule has 0 amide bonds. The minimum absolute atomic E-state index is 0.315. The van der Waals surface area contributed by atoms with E-state index in [1.54, 1.807) is 0 Å². The molecule has 0 N–H and O–H groups in total. The second kappa shape index (κ2) is 9.38. The van der Waals surface area contributed by atoms with Gasteiger partial charge >= 0.3 is 0 Å². The van der Waals surface area contributed by atoms with Crippen molar-refractivity contribution in [2.75, 3.05) is 0 Å². The Hall–Kier alpha value is -0.660. The van der Waals surface area contributed by atoms with Gasteiger partial charge in [-0.05, 0) is 18.3 Å². The van der Waals surface area contributed by atoms with Gasteiger partial charge in [0.2, 0.25) is 0 Å². The third kappa shape index (κ3) is 9.08. The monoisotopic (exact) mass is 240 g/mol. The summed E-state index contributed by atoms with van der Waals surface area (Å²) in [5.74, 6) is 1.60. The molecule has 0 spiro atoms. The first-order chi connectivity index (χ1) is 7.99. The first-order valence-electron chi connectivity index (χ1n) is 7.02. The quantitative estimate of drug-likeness (QED) is 0.574. The van der Waals surface area contributed by atoms with E-state index in [0.717, 1.165) is 19.3 Å². The van der Waals surface area contributed by atoms with Crippen molar-refractivity contribution >= 4 is 11.6 Å². The van der Waals surface area contributed by atoms with Crippen molar-refractivity contribution in [2.24, 2.45) is 11.8 Å². The van der Waals surface area contributed by atoms with Gasteiger partial charge in [-0.3, -0.25) is 9.59 Å². The molecular formula is C15H28O2. The third-order valence-corrected chi connectivity index (χ3v) is 3.46. The zero-order valence-corrected chi connectivity index (χ0v) is 11.9. The van der Waals surface area contributed by atoms with Gasteiger partial charge in [0.25, 0.3) is 0 Å². The predicted molar refractivity (Wildman–Crippen MR) is 72.0 cm³/mol. The molecule has 0 aliphatic heterocycles. The molecule has 0 aromatic carbocycles. The molecule has 0 aliphatic rings. The average molecular weight is 240 g/mol. The molecule has 0 saturated carbocycles. The fourth-order valence-corrected chi connectivity index (χ4v) is 1.75. The maximum atomic E-state index is 11.6. The highest BCUT2D eigenvalue weighted by atomic mass is 16.1. The number of carbonyl (C=O) groups excluding carboxylic acids is 2. The summed E-state index contributed by atoms with van der Waals surface area (Å²) in [5, 5.41) is 0. The molecule has 0 fully saturated rings. The Bertz CT molecular complexity index is 209. The zero-order chi connectivity index (χ0) is 13.3. The minimum Gasteiger partial charge on any atom is -0.300 e. The molecule has 0 aromatic rings. The molecule has 2 unspecified atom stereocenters. The fraction of sp³-hybridized carbons (Fsp3) is 0.867. The van der Waals surface area contributed by atoms with E-state index in [2.05, 4.69) is 27.7 Å². The lowest BCUT2D eigenvalue weighted by atomic mass is 9.96. The summed E-state index contributed by atoms with van der Waals surface area (Å²) in [6.07, 6.45) is 5.36. The summed E-state index contributed by atoms with van der Waals surface area (Å²) in [7, 11) is 0. The Labute approximate surface area is 106 Å². The van der Waals surface area contributed by atoms with Crippen LogP contribution in [0.25, 0.3) is 0 Å². The minimum atomic E-state index is 0.315. The average Bonchev–Trinajstić information content (AvgIpc) is 2.28. The van der Waals surface area contributed by atoms with Crippen molar-refractivity contribution in [1.29, 1.82) is 0 Å². The van der Waals surface area contributed by atoms with Crippen molar-refractivity contribution in [3.8, 4) is 0 Å². The fourth-order valence-electron chi connectivity index (χ4n) is 1.75. The van der Waals surface area contributed by atoms with E-state index in [1.807, 2.05) is 0 Å². The van der Waals surface area contributed by atoms with Gasteiger partial charge in [-0.1, -0.05) is 40.5 Å². The number of carbonyl (C=O) groups is 2. The number of hydrogen-bond donors (Lipinski definition) is 0. The Kier molecular flexibility index (Phi) is 9.01. The van der Waals surface area contributed by atoms with E-state index in [1.165, 1.54) is 0 Å². The lowest BCUT2D eigenvalue weighted by Crippen LogP contribution is -2.08. The number of ketones is 2. The zero-order valence-electron chi connectivity index (χ0n) is 11.9. The Morgan fingerprint density at radius 1 is 0.824 bits per heavy atom. The number of Topliss-reactive ketones (excluding diaryl/α,β-unsaturated/α-hetero) is 2. The highest BCUT2D eigenvalue weighted by molar-refractivity contribution is 5.81. The molecule has 0 saturated heterocycles. The lowest BCUT2D eigenvalue weighted by Gasteiger charge is -2.08. The molecule has 0 heterocycles. The van der Waals surface area contributed by atoms with E-state index in [4.69, 9.17) is 0 Å². The van der Waals surface area contributed by atoms with Crippen LogP contribution in [0.2, 0.25) is 0 Å². The Balaban J connectivity index is 3.62. The van der Waals surface area contributed by atoms with Crippen LogP contribution in [0.1, 0.15) is 72.6 Å². The van der Waals surface area contributed by atoms with Crippen LogP contribution in [0, 0.1) is 11.8 Å². The van der Waals surface area contributed by atoms with Crippen molar-refractivity contribution in [1.82, 2.24) is 0 Å². The van der Waals surface area contributed by atoms with Crippen molar-refractivity contribution < 1.29 is 9.59 Å². The Morgan fingerprint density at radius 2 is 1.18 bits per heavy atom. The standard InChI is InChI=1S/C15H28O2/c1-5-12(3)10-14(16)8-7-9-15(17)11-13(4)6-2/h12-13H,5-11H2,1-4H3. The smallest absolute Gasteiger partial charge is 0.133 e. The predicted octanol–water partition coefficient (Wildman–Crippen LogP) is 4.17. The van der Waals surface area contributed by atoms with E-state index < -0.39 is 0 Å². The van der Waals surface area contributed by atoms with Gasteiger partial charge in [0.1, 0.15) is 11.6 Å². The molecule has 17 heavy (non-hydrogen) atoms. The van der Waals surface area contributed by atoms with Crippen LogP contribution in [-0.4, -0.2) is 11.6 Å². The molecule has 0 bridgehead atoms. The normalized spacial score (nSPS) is 14.4. The SMILES string of the molecule is CCC(C)CC(=O)CCCC(=O)CC(C)CC. The lowest BCUT2D eigenvalue weighted by molar-refractivity contribution is -0.121. The second-order valence-electron chi connectivity index (χ2n) is 5.37. The molecule has 0 rings (SSSR count). The number of hydrogen-bond acceptors (Lipinski definition) is 2. The van der Waals surface area contributed by atoms with Crippen LogP contribution in [0.5, 0.6) is 0 Å². The van der Waals surface area contributed by atoms with Crippen molar-refractivity contribution in [3.05, 3.63) is 0 Å². The third-order valence-electron chi connectivity index (χ3n) is 3.46. The second-order valence-corrected chi connectivity index (χ2v) is 5.37.